The molecule has 11 heteroatoms. The van der Waals surface area contributed by atoms with E-state index in [4.69, 9.17) is 4.84 Å². The van der Waals surface area contributed by atoms with Crippen molar-refractivity contribution in [1.82, 2.24) is 4.90 Å². The molecule has 1 aliphatic rings. The summed E-state index contributed by atoms with van der Waals surface area (Å²) in [5.41, 5.74) is 1.82. The van der Waals surface area contributed by atoms with Gasteiger partial charge in [0.15, 0.2) is 6.61 Å². The third kappa shape index (κ3) is 7.29. The molecule has 0 saturated carbocycles. The van der Waals surface area contributed by atoms with Crippen molar-refractivity contribution in [3.63, 3.8) is 0 Å². The highest BCUT2D eigenvalue weighted by Gasteiger charge is 2.20. The van der Waals surface area contributed by atoms with Crippen LogP contribution in [0.15, 0.2) is 53.7 Å². The van der Waals surface area contributed by atoms with Crippen LogP contribution in [0.1, 0.15) is 33.6 Å². The van der Waals surface area contributed by atoms with Crippen LogP contribution < -0.4 is 10.6 Å². The van der Waals surface area contributed by atoms with Crippen LogP contribution in [0, 0.1) is 0 Å². The molecule has 2 N–H and O–H groups in total. The zero-order valence-corrected chi connectivity index (χ0v) is 19.4. The SMILES string of the molecule is COC(=O)c1cc(NC(=O)CON=C2CCN(C(=O)Nc3ccccc3)CC2)cc(C(=O)OC)c1. The van der Waals surface area contributed by atoms with Crippen molar-refractivity contribution in [3.05, 3.63) is 59.7 Å². The van der Waals surface area contributed by atoms with E-state index in [9.17, 15) is 19.2 Å². The minimum atomic E-state index is -0.669. The molecular formula is C24H26N4O7. The molecule has 2 aromatic rings. The summed E-state index contributed by atoms with van der Waals surface area (Å²) >= 11 is 0. The molecule has 11 nitrogen and oxygen atoms in total. The molecule has 1 heterocycles. The van der Waals surface area contributed by atoms with E-state index in [1.807, 2.05) is 30.3 Å². The standard InChI is InChI=1S/C24H26N4O7/c1-33-22(30)16-12-17(23(31)34-2)14-20(13-16)25-21(29)15-35-27-19-8-10-28(11-9-19)24(32)26-18-6-4-3-5-7-18/h3-7,12-14H,8-11,15H2,1-2H3,(H,25,29)(H,26,32). The summed E-state index contributed by atoms with van der Waals surface area (Å²) in [6, 6.07) is 13.1. The van der Waals surface area contributed by atoms with E-state index >= 15 is 0 Å². The second-order valence-corrected chi connectivity index (χ2v) is 7.54. The summed E-state index contributed by atoms with van der Waals surface area (Å²) < 4.78 is 9.35. The maximum Gasteiger partial charge on any atom is 0.337 e. The Labute approximate surface area is 202 Å². The average Bonchev–Trinajstić information content (AvgIpc) is 2.88. The molecule has 0 bridgehead atoms. The van der Waals surface area contributed by atoms with E-state index in [0.717, 1.165) is 11.4 Å². The number of methoxy groups -OCH3 is 2. The number of piperidine rings is 1. The second kappa shape index (κ2) is 12.2. The Morgan fingerprint density at radius 1 is 0.857 bits per heavy atom. The van der Waals surface area contributed by atoms with Gasteiger partial charge in [-0.3, -0.25) is 4.79 Å². The van der Waals surface area contributed by atoms with Gasteiger partial charge in [0.05, 0.1) is 31.1 Å². The monoisotopic (exact) mass is 482 g/mol. The van der Waals surface area contributed by atoms with Gasteiger partial charge >= 0.3 is 18.0 Å². The molecule has 0 aromatic heterocycles. The topological polar surface area (TPSA) is 136 Å². The molecule has 0 radical (unpaired) electrons. The van der Waals surface area contributed by atoms with Gasteiger partial charge in [0.25, 0.3) is 5.91 Å². The molecule has 35 heavy (non-hydrogen) atoms. The number of hydrogen-bond donors (Lipinski definition) is 2. The number of urea groups is 1. The molecule has 1 aliphatic heterocycles. The van der Waals surface area contributed by atoms with E-state index in [1.165, 1.54) is 32.4 Å². The molecule has 0 aliphatic carbocycles. The number of benzene rings is 2. The van der Waals surface area contributed by atoms with Gasteiger partial charge in [-0.15, -0.1) is 0 Å². The molecule has 3 amide bonds. The molecule has 2 aromatic carbocycles. The van der Waals surface area contributed by atoms with Crippen molar-refractivity contribution in [2.75, 3.05) is 44.5 Å². The summed E-state index contributed by atoms with van der Waals surface area (Å²) in [6.07, 6.45) is 1.04. The van der Waals surface area contributed by atoms with Crippen LogP contribution in [0.25, 0.3) is 0 Å². The lowest BCUT2D eigenvalue weighted by molar-refractivity contribution is -0.120. The summed E-state index contributed by atoms with van der Waals surface area (Å²) in [7, 11) is 2.41. The average molecular weight is 482 g/mol. The van der Waals surface area contributed by atoms with Crippen molar-refractivity contribution in [2.24, 2.45) is 5.16 Å². The maximum absolute atomic E-state index is 12.4. The lowest BCUT2D eigenvalue weighted by Gasteiger charge is -2.27. The van der Waals surface area contributed by atoms with Crippen molar-refractivity contribution in [1.29, 1.82) is 0 Å². The zero-order chi connectivity index (χ0) is 25.2. The smallest absolute Gasteiger partial charge is 0.337 e. The van der Waals surface area contributed by atoms with Crippen LogP contribution in [-0.2, 0) is 19.1 Å². The lowest BCUT2D eigenvalue weighted by atomic mass is 10.1. The summed E-state index contributed by atoms with van der Waals surface area (Å²) in [4.78, 5) is 55.2. The number of nitrogens with one attached hydrogen (secondary N) is 2. The number of nitrogens with zero attached hydrogens (tertiary/aromatic N) is 2. The van der Waals surface area contributed by atoms with E-state index in [2.05, 4.69) is 25.3 Å². The fraction of sp³-hybridized carbons (Fsp3) is 0.292. The fourth-order valence-electron chi connectivity index (χ4n) is 3.33. The molecule has 0 unspecified atom stereocenters. The Morgan fingerprint density at radius 2 is 1.46 bits per heavy atom. The van der Waals surface area contributed by atoms with Gasteiger partial charge in [-0.25, -0.2) is 14.4 Å². The first-order valence-corrected chi connectivity index (χ1v) is 10.8. The predicted octanol–water partition coefficient (Wildman–Crippen LogP) is 2.90. The molecule has 1 saturated heterocycles. The summed E-state index contributed by atoms with van der Waals surface area (Å²) in [6.45, 7) is 0.574. The summed E-state index contributed by atoms with van der Waals surface area (Å²) in [5.74, 6) is -1.87. The van der Waals surface area contributed by atoms with Crippen LogP contribution >= 0.6 is 0 Å². The Bertz CT molecular complexity index is 1070. The highest BCUT2D eigenvalue weighted by molar-refractivity contribution is 5.99. The van der Waals surface area contributed by atoms with E-state index in [1.54, 1.807) is 4.90 Å². The quantitative estimate of drug-likeness (QED) is 0.457. The van der Waals surface area contributed by atoms with Gasteiger partial charge in [0.1, 0.15) is 0 Å². The Morgan fingerprint density at radius 3 is 2.03 bits per heavy atom. The van der Waals surface area contributed by atoms with Gasteiger partial charge < -0.3 is 29.8 Å². The Balaban J connectivity index is 1.49. The van der Waals surface area contributed by atoms with Gasteiger partial charge in [0.2, 0.25) is 0 Å². The van der Waals surface area contributed by atoms with Gasteiger partial charge in [-0.05, 0) is 30.3 Å². The van der Waals surface area contributed by atoms with Crippen LogP contribution in [0.4, 0.5) is 16.2 Å². The van der Waals surface area contributed by atoms with Crippen molar-refractivity contribution >= 4 is 41.0 Å². The predicted molar refractivity (Wildman–Crippen MR) is 127 cm³/mol. The number of anilines is 2. The number of rotatable bonds is 7. The fourth-order valence-corrected chi connectivity index (χ4v) is 3.33. The first-order chi connectivity index (χ1) is 16.9. The van der Waals surface area contributed by atoms with Crippen molar-refractivity contribution < 1.29 is 33.5 Å². The summed E-state index contributed by atoms with van der Waals surface area (Å²) in [5, 5.41) is 9.41. The largest absolute Gasteiger partial charge is 0.465 e. The molecule has 0 atom stereocenters. The number of hydrogen-bond acceptors (Lipinski definition) is 8. The number of likely N-dealkylation sites (tertiary alicyclic amines) is 1. The zero-order valence-electron chi connectivity index (χ0n) is 19.4. The van der Waals surface area contributed by atoms with E-state index in [0.29, 0.717) is 25.9 Å². The van der Waals surface area contributed by atoms with Crippen LogP contribution in [0.2, 0.25) is 0 Å². The van der Waals surface area contributed by atoms with Crippen LogP contribution in [0.3, 0.4) is 0 Å². The van der Waals surface area contributed by atoms with Gasteiger partial charge in [-0.2, -0.15) is 0 Å². The lowest BCUT2D eigenvalue weighted by Crippen LogP contribution is -2.41. The van der Waals surface area contributed by atoms with Gasteiger partial charge in [0, 0.05) is 37.3 Å². The van der Waals surface area contributed by atoms with Gasteiger partial charge in [-0.1, -0.05) is 23.4 Å². The molecule has 3 rings (SSSR count). The first kappa shape index (κ1) is 25.2. The van der Waals surface area contributed by atoms with E-state index < -0.39 is 17.8 Å². The number of carbonyl (C=O) groups excluding carboxylic acids is 4. The van der Waals surface area contributed by atoms with E-state index in [-0.39, 0.29) is 29.5 Å². The van der Waals surface area contributed by atoms with Crippen LogP contribution in [-0.4, -0.2) is 68.4 Å². The minimum Gasteiger partial charge on any atom is -0.465 e. The van der Waals surface area contributed by atoms with Crippen molar-refractivity contribution in [2.45, 2.75) is 12.8 Å². The Hall–Kier alpha value is -4.41. The maximum atomic E-state index is 12.4. The number of oxime groups is 1. The third-order valence-corrected chi connectivity index (χ3v) is 5.10. The minimum absolute atomic E-state index is 0.0786. The highest BCUT2D eigenvalue weighted by atomic mass is 16.6. The normalized spacial score (nSPS) is 12.9. The molecular weight excluding hydrogens is 456 g/mol. The van der Waals surface area contributed by atoms with Crippen LogP contribution in [0.5, 0.6) is 0 Å². The number of para-hydroxylation sites is 1. The number of esters is 2. The molecule has 1 fully saturated rings. The number of carbonyl (C=O) groups is 4. The number of ether oxygens (including phenoxy) is 2. The number of amides is 3. The molecule has 184 valence electrons. The molecule has 0 spiro atoms. The first-order valence-electron chi connectivity index (χ1n) is 10.8. The third-order valence-electron chi connectivity index (χ3n) is 5.10. The Kier molecular flexibility index (Phi) is 8.76. The highest BCUT2D eigenvalue weighted by Crippen LogP contribution is 2.17. The van der Waals surface area contributed by atoms with Crippen molar-refractivity contribution in [3.8, 4) is 0 Å². The second-order valence-electron chi connectivity index (χ2n) is 7.54.